The van der Waals surface area contributed by atoms with Crippen LogP contribution in [0.5, 0.6) is 0 Å². The smallest absolute Gasteiger partial charge is 0.275 e. The lowest BCUT2D eigenvalue weighted by atomic mass is 9.92. The first-order valence-corrected chi connectivity index (χ1v) is 10.7. The number of hydrogen-bond acceptors (Lipinski definition) is 4. The van der Waals surface area contributed by atoms with Gasteiger partial charge in [0.15, 0.2) is 5.69 Å². The molecule has 7 heteroatoms. The van der Waals surface area contributed by atoms with Gasteiger partial charge < -0.3 is 15.0 Å². The summed E-state index contributed by atoms with van der Waals surface area (Å²) in [4.78, 5) is 27.0. The molecule has 0 saturated carbocycles. The number of nitrogens with zero attached hydrogens (tertiary/aromatic N) is 3. The van der Waals surface area contributed by atoms with Crippen molar-refractivity contribution in [1.82, 2.24) is 20.0 Å². The number of para-hydroxylation sites is 1. The van der Waals surface area contributed by atoms with Gasteiger partial charge in [-0.25, -0.2) is 0 Å². The number of carbonyl (C=O) groups is 2. The number of benzene rings is 1. The standard InChI is InChI=1S/C22H30N4O3/c1-25-19-7-3-2-6-18(19)21(24-25)22(28)26-12-10-16(11-13-26)8-9-20(27)23-15-17-5-4-14-29-17/h2-3,6-7,16-17H,4-5,8-15H2,1H3,(H,23,27)/t17-/m1/s1. The predicted molar refractivity (Wildman–Crippen MR) is 111 cm³/mol. The van der Waals surface area contributed by atoms with Crippen LogP contribution >= 0.6 is 0 Å². The Balaban J connectivity index is 1.23. The van der Waals surface area contributed by atoms with Crippen molar-refractivity contribution in [1.29, 1.82) is 0 Å². The molecule has 1 N–H and O–H groups in total. The Morgan fingerprint density at radius 1 is 1.21 bits per heavy atom. The van der Waals surface area contributed by atoms with E-state index in [2.05, 4.69) is 10.4 Å². The number of carbonyl (C=O) groups excluding carboxylic acids is 2. The molecule has 2 aliphatic rings. The lowest BCUT2D eigenvalue weighted by Crippen LogP contribution is -2.39. The molecule has 7 nitrogen and oxygen atoms in total. The van der Waals surface area contributed by atoms with Crippen LogP contribution in [0.25, 0.3) is 10.9 Å². The molecular weight excluding hydrogens is 368 g/mol. The van der Waals surface area contributed by atoms with Gasteiger partial charge in [0.25, 0.3) is 5.91 Å². The zero-order valence-corrected chi connectivity index (χ0v) is 17.1. The van der Waals surface area contributed by atoms with E-state index in [0.29, 0.717) is 24.6 Å². The maximum atomic E-state index is 13.0. The summed E-state index contributed by atoms with van der Waals surface area (Å²) in [6.07, 6.45) is 5.63. The zero-order chi connectivity index (χ0) is 20.2. The van der Waals surface area contributed by atoms with Gasteiger partial charge in [0, 0.05) is 45.1 Å². The van der Waals surface area contributed by atoms with Gasteiger partial charge in [-0.3, -0.25) is 14.3 Å². The number of likely N-dealkylation sites (tertiary alicyclic amines) is 1. The fourth-order valence-electron chi connectivity index (χ4n) is 4.40. The van der Waals surface area contributed by atoms with Gasteiger partial charge in [-0.05, 0) is 44.1 Å². The summed E-state index contributed by atoms with van der Waals surface area (Å²) in [5, 5.41) is 8.36. The number of aromatic nitrogens is 2. The molecule has 0 aliphatic carbocycles. The molecule has 4 rings (SSSR count). The van der Waals surface area contributed by atoms with Crippen molar-refractivity contribution in [2.24, 2.45) is 13.0 Å². The quantitative estimate of drug-likeness (QED) is 0.811. The minimum absolute atomic E-state index is 0.00885. The molecule has 2 saturated heterocycles. The van der Waals surface area contributed by atoms with Crippen LogP contribution < -0.4 is 5.32 Å². The highest BCUT2D eigenvalue weighted by Crippen LogP contribution is 2.25. The van der Waals surface area contributed by atoms with Crippen molar-refractivity contribution in [3.8, 4) is 0 Å². The Hall–Kier alpha value is -2.41. The van der Waals surface area contributed by atoms with Gasteiger partial charge in [-0.2, -0.15) is 5.10 Å². The second-order valence-electron chi connectivity index (χ2n) is 8.20. The molecule has 0 bridgehead atoms. The maximum Gasteiger partial charge on any atom is 0.275 e. The molecule has 2 amide bonds. The van der Waals surface area contributed by atoms with E-state index in [0.717, 1.165) is 62.7 Å². The molecule has 1 aromatic carbocycles. The van der Waals surface area contributed by atoms with Crippen LogP contribution in [0.1, 0.15) is 49.0 Å². The Morgan fingerprint density at radius 2 is 2.00 bits per heavy atom. The van der Waals surface area contributed by atoms with E-state index in [4.69, 9.17) is 4.74 Å². The van der Waals surface area contributed by atoms with E-state index in [1.807, 2.05) is 36.2 Å². The molecule has 29 heavy (non-hydrogen) atoms. The summed E-state index contributed by atoms with van der Waals surface area (Å²) in [6.45, 7) is 2.90. The molecule has 156 valence electrons. The Morgan fingerprint density at radius 3 is 2.76 bits per heavy atom. The van der Waals surface area contributed by atoms with E-state index < -0.39 is 0 Å². The second-order valence-corrected chi connectivity index (χ2v) is 8.20. The molecule has 0 radical (unpaired) electrons. The highest BCUT2D eigenvalue weighted by Gasteiger charge is 2.27. The Bertz CT molecular complexity index is 864. The fourth-order valence-corrected chi connectivity index (χ4v) is 4.40. The largest absolute Gasteiger partial charge is 0.376 e. The summed E-state index contributed by atoms with van der Waals surface area (Å²) in [7, 11) is 1.87. The number of fused-ring (bicyclic) bond motifs is 1. The lowest BCUT2D eigenvalue weighted by molar-refractivity contribution is -0.122. The molecule has 2 aromatic rings. The highest BCUT2D eigenvalue weighted by molar-refractivity contribution is 6.04. The number of amides is 2. The summed E-state index contributed by atoms with van der Waals surface area (Å²) >= 11 is 0. The number of hydrogen-bond donors (Lipinski definition) is 1. The van der Waals surface area contributed by atoms with Crippen molar-refractivity contribution in [2.75, 3.05) is 26.2 Å². The molecule has 0 spiro atoms. The van der Waals surface area contributed by atoms with Crippen LogP contribution in [-0.2, 0) is 16.6 Å². The summed E-state index contributed by atoms with van der Waals surface area (Å²) in [6, 6.07) is 7.84. The number of nitrogens with one attached hydrogen (secondary N) is 1. The van der Waals surface area contributed by atoms with E-state index in [1.54, 1.807) is 4.68 Å². The first kappa shape index (κ1) is 19.9. The summed E-state index contributed by atoms with van der Waals surface area (Å²) in [5.41, 5.74) is 1.51. The average Bonchev–Trinajstić information content (AvgIpc) is 3.39. The van der Waals surface area contributed by atoms with Gasteiger partial charge >= 0.3 is 0 Å². The van der Waals surface area contributed by atoms with Crippen molar-refractivity contribution in [3.05, 3.63) is 30.0 Å². The topological polar surface area (TPSA) is 76.5 Å². The highest BCUT2D eigenvalue weighted by atomic mass is 16.5. The average molecular weight is 399 g/mol. The summed E-state index contributed by atoms with van der Waals surface area (Å²) in [5.74, 6) is 0.613. The van der Waals surface area contributed by atoms with Crippen molar-refractivity contribution < 1.29 is 14.3 Å². The van der Waals surface area contributed by atoms with Crippen molar-refractivity contribution in [3.63, 3.8) is 0 Å². The first-order chi connectivity index (χ1) is 14.1. The van der Waals surface area contributed by atoms with Crippen LogP contribution in [0.4, 0.5) is 0 Å². The number of piperidine rings is 1. The lowest BCUT2D eigenvalue weighted by Gasteiger charge is -2.31. The van der Waals surface area contributed by atoms with E-state index >= 15 is 0 Å². The Kier molecular flexibility index (Phi) is 6.13. The third-order valence-electron chi connectivity index (χ3n) is 6.19. The first-order valence-electron chi connectivity index (χ1n) is 10.7. The third-order valence-corrected chi connectivity index (χ3v) is 6.19. The van der Waals surface area contributed by atoms with Gasteiger partial charge in [0.05, 0.1) is 11.6 Å². The van der Waals surface area contributed by atoms with Crippen LogP contribution in [0.2, 0.25) is 0 Å². The minimum atomic E-state index is 0.00885. The Labute approximate surface area is 171 Å². The molecule has 2 aliphatic heterocycles. The van der Waals surface area contributed by atoms with E-state index in [1.165, 1.54) is 0 Å². The molecule has 1 aromatic heterocycles. The monoisotopic (exact) mass is 398 g/mol. The van der Waals surface area contributed by atoms with Crippen LogP contribution in [0.3, 0.4) is 0 Å². The summed E-state index contributed by atoms with van der Waals surface area (Å²) < 4.78 is 7.31. The van der Waals surface area contributed by atoms with Crippen LogP contribution in [0, 0.1) is 5.92 Å². The minimum Gasteiger partial charge on any atom is -0.376 e. The second kappa shape index (κ2) is 8.95. The molecule has 3 heterocycles. The van der Waals surface area contributed by atoms with Gasteiger partial charge in [0.1, 0.15) is 0 Å². The van der Waals surface area contributed by atoms with Gasteiger partial charge in [-0.1, -0.05) is 18.2 Å². The molecular formula is C22H30N4O3. The van der Waals surface area contributed by atoms with E-state index in [-0.39, 0.29) is 17.9 Å². The van der Waals surface area contributed by atoms with Crippen LogP contribution in [-0.4, -0.2) is 58.8 Å². The van der Waals surface area contributed by atoms with Crippen molar-refractivity contribution >= 4 is 22.7 Å². The van der Waals surface area contributed by atoms with E-state index in [9.17, 15) is 9.59 Å². The normalized spacial score (nSPS) is 20.3. The molecule has 1 atom stereocenters. The van der Waals surface area contributed by atoms with Gasteiger partial charge in [0.2, 0.25) is 5.91 Å². The SMILES string of the molecule is Cn1nc(C(=O)N2CCC(CCC(=O)NC[C@H]3CCCO3)CC2)c2ccccc21. The number of aryl methyl sites for hydroxylation is 1. The molecule has 2 fully saturated rings. The molecule has 0 unspecified atom stereocenters. The zero-order valence-electron chi connectivity index (χ0n) is 17.1. The number of ether oxygens (including phenoxy) is 1. The van der Waals surface area contributed by atoms with Crippen molar-refractivity contribution in [2.45, 2.75) is 44.6 Å². The third kappa shape index (κ3) is 4.61. The number of rotatable bonds is 6. The fraction of sp³-hybridized carbons (Fsp3) is 0.591. The van der Waals surface area contributed by atoms with Gasteiger partial charge in [-0.15, -0.1) is 0 Å². The maximum absolute atomic E-state index is 13.0. The van der Waals surface area contributed by atoms with Crippen LogP contribution in [0.15, 0.2) is 24.3 Å². The predicted octanol–water partition coefficient (Wildman–Crippen LogP) is 2.50.